The van der Waals surface area contributed by atoms with E-state index < -0.39 is 0 Å². The molecule has 0 bridgehead atoms. The molecule has 0 saturated heterocycles. The van der Waals surface area contributed by atoms with Gasteiger partial charge in [-0.1, -0.05) is 56.6 Å². The molecule has 0 aromatic rings. The second kappa shape index (κ2) is 18.8. The highest BCUT2D eigenvalue weighted by Crippen LogP contribution is 2.07. The van der Waals surface area contributed by atoms with Crippen LogP contribution in [0.3, 0.4) is 0 Å². The molecule has 0 amide bonds. The average molecular weight is 319 g/mol. The van der Waals surface area contributed by atoms with Gasteiger partial charge < -0.3 is 10.2 Å². The van der Waals surface area contributed by atoms with Crippen molar-refractivity contribution >= 4 is 0 Å². The van der Waals surface area contributed by atoms with Gasteiger partial charge in [0.15, 0.2) is 0 Å². The van der Waals surface area contributed by atoms with Gasteiger partial charge in [0.2, 0.25) is 0 Å². The van der Waals surface area contributed by atoms with E-state index in [-0.39, 0.29) is 0 Å². The second-order valence-corrected chi connectivity index (χ2v) is 5.80. The number of aliphatic hydroxyl groups is 2. The van der Waals surface area contributed by atoms with Crippen LogP contribution in [0.5, 0.6) is 0 Å². The molecule has 22 heavy (non-hydrogen) atoms. The minimum Gasteiger partial charge on any atom is -0.396 e. The summed E-state index contributed by atoms with van der Waals surface area (Å²) in [6, 6.07) is 0. The van der Waals surface area contributed by atoms with Crippen molar-refractivity contribution in [2.75, 3.05) is 33.5 Å². The summed E-state index contributed by atoms with van der Waals surface area (Å²) in [7, 11) is 1.81. The summed E-state index contributed by atoms with van der Waals surface area (Å²) in [6.07, 6.45) is 13.4. The van der Waals surface area contributed by atoms with Crippen molar-refractivity contribution in [3.8, 4) is 0 Å². The first-order chi connectivity index (χ1) is 10.8. The van der Waals surface area contributed by atoms with Gasteiger partial charge in [0.1, 0.15) is 0 Å². The fourth-order valence-corrected chi connectivity index (χ4v) is 2.27. The van der Waals surface area contributed by atoms with Gasteiger partial charge in [0, 0.05) is 20.3 Å². The van der Waals surface area contributed by atoms with Crippen LogP contribution in [0.4, 0.5) is 0 Å². The molecule has 0 heterocycles. The van der Waals surface area contributed by atoms with Gasteiger partial charge in [-0.3, -0.25) is 9.68 Å². The zero-order valence-electron chi connectivity index (χ0n) is 14.5. The Balaban J connectivity index is 3.11. The second-order valence-electron chi connectivity index (χ2n) is 5.80. The molecule has 0 radical (unpaired) electrons. The van der Waals surface area contributed by atoms with Crippen molar-refractivity contribution < 1.29 is 19.9 Å². The largest absolute Gasteiger partial charge is 0.396 e. The summed E-state index contributed by atoms with van der Waals surface area (Å²) in [5.74, 6) is 0. The predicted molar refractivity (Wildman–Crippen MR) is 89.2 cm³/mol. The lowest BCUT2D eigenvalue weighted by atomic mass is 10.1. The highest BCUT2D eigenvalue weighted by Gasteiger charge is 1.99. The van der Waals surface area contributed by atoms with Crippen LogP contribution in [0, 0.1) is 0 Å². The molecule has 0 unspecified atom stereocenters. The number of rotatable bonds is 18. The topological polar surface area (TPSA) is 62.2 Å². The average Bonchev–Trinajstić information content (AvgIpc) is 2.52. The molecule has 0 aliphatic carbocycles. The maximum absolute atomic E-state index is 8.67. The van der Waals surface area contributed by atoms with Gasteiger partial charge >= 0.3 is 0 Å². The Morgan fingerprint density at radius 3 is 1.23 bits per heavy atom. The smallest absolute Gasteiger partial charge is 0.0711 e. The van der Waals surface area contributed by atoms with E-state index in [4.69, 9.17) is 19.9 Å². The molecular formula is C17H37NO4. The Hall–Kier alpha value is -0.200. The molecule has 0 spiro atoms. The minimum absolute atomic E-state index is 0.313. The Kier molecular flexibility index (Phi) is 18.7. The molecule has 0 aromatic carbocycles. The molecule has 5 nitrogen and oxygen atoms in total. The Labute approximate surface area is 136 Å². The Morgan fingerprint density at radius 1 is 0.545 bits per heavy atom. The molecule has 134 valence electrons. The molecule has 5 heteroatoms. The zero-order chi connectivity index (χ0) is 16.3. The lowest BCUT2D eigenvalue weighted by molar-refractivity contribution is -0.353. The molecule has 0 aromatic heterocycles. The monoisotopic (exact) mass is 319 g/mol. The molecule has 0 saturated carbocycles. The summed E-state index contributed by atoms with van der Waals surface area (Å²) >= 11 is 0. The predicted octanol–water partition coefficient (Wildman–Crippen LogP) is 3.45. The fraction of sp³-hybridized carbons (Fsp3) is 1.00. The summed E-state index contributed by atoms with van der Waals surface area (Å²) < 4.78 is 0. The highest BCUT2D eigenvalue weighted by atomic mass is 16.9. The van der Waals surface area contributed by atoms with Crippen LogP contribution in [-0.4, -0.2) is 48.9 Å². The Bertz CT molecular complexity index is 185. The molecule has 0 aliphatic heterocycles. The van der Waals surface area contributed by atoms with Crippen molar-refractivity contribution in [3.05, 3.63) is 0 Å². The maximum atomic E-state index is 8.67. The first-order valence-electron chi connectivity index (χ1n) is 9.02. The summed E-state index contributed by atoms with van der Waals surface area (Å²) in [5.41, 5.74) is 0. The van der Waals surface area contributed by atoms with Gasteiger partial charge in [-0.15, -0.1) is 0 Å². The van der Waals surface area contributed by atoms with Crippen LogP contribution >= 0.6 is 0 Å². The number of unbranched alkanes of at least 4 members (excludes halogenated alkanes) is 10. The van der Waals surface area contributed by atoms with Crippen LogP contribution in [0.15, 0.2) is 0 Å². The summed E-state index contributed by atoms with van der Waals surface area (Å²) in [4.78, 5) is 10.9. The zero-order valence-corrected chi connectivity index (χ0v) is 14.5. The third kappa shape index (κ3) is 17.9. The Morgan fingerprint density at radius 2 is 0.864 bits per heavy atom. The van der Waals surface area contributed by atoms with E-state index >= 15 is 0 Å². The SMILES string of the molecule is CN(OCCCCCCCCO)OCCCCCCCCO. The third-order valence-electron chi connectivity index (χ3n) is 3.65. The molecule has 0 rings (SSSR count). The number of hydrogen-bond donors (Lipinski definition) is 2. The normalized spacial score (nSPS) is 11.5. The van der Waals surface area contributed by atoms with E-state index in [1.54, 1.807) is 0 Å². The van der Waals surface area contributed by atoms with E-state index in [1.165, 1.54) is 43.8 Å². The molecule has 0 atom stereocenters. The molecule has 2 N–H and O–H groups in total. The first-order valence-corrected chi connectivity index (χ1v) is 9.02. The lowest BCUT2D eigenvalue weighted by Gasteiger charge is -2.16. The molecular weight excluding hydrogens is 282 g/mol. The minimum atomic E-state index is 0.313. The lowest BCUT2D eigenvalue weighted by Crippen LogP contribution is -2.20. The van der Waals surface area contributed by atoms with E-state index in [0.717, 1.165) is 38.5 Å². The maximum Gasteiger partial charge on any atom is 0.0711 e. The van der Waals surface area contributed by atoms with Crippen molar-refractivity contribution in [2.45, 2.75) is 77.0 Å². The summed E-state index contributed by atoms with van der Waals surface area (Å²) in [6.45, 7) is 2.04. The molecule has 0 fully saturated rings. The standard InChI is InChI=1S/C17H37NO4/c1-18(21-16-12-8-4-2-6-10-14-19)22-17-13-9-5-3-7-11-15-20/h19-20H,2-17H2,1H3. The van der Waals surface area contributed by atoms with Gasteiger partial charge in [0.25, 0.3) is 0 Å². The number of hydroxylamine groups is 2. The van der Waals surface area contributed by atoms with Crippen LogP contribution in [0.2, 0.25) is 0 Å². The highest BCUT2D eigenvalue weighted by molar-refractivity contribution is 4.45. The van der Waals surface area contributed by atoms with E-state index in [0.29, 0.717) is 26.4 Å². The van der Waals surface area contributed by atoms with Gasteiger partial charge in [-0.2, -0.15) is 0 Å². The van der Waals surface area contributed by atoms with E-state index in [1.807, 2.05) is 7.05 Å². The van der Waals surface area contributed by atoms with Crippen LogP contribution in [0.25, 0.3) is 0 Å². The van der Waals surface area contributed by atoms with Crippen molar-refractivity contribution in [3.63, 3.8) is 0 Å². The van der Waals surface area contributed by atoms with Crippen molar-refractivity contribution in [2.24, 2.45) is 0 Å². The number of aliphatic hydroxyl groups excluding tert-OH is 2. The van der Waals surface area contributed by atoms with E-state index in [9.17, 15) is 0 Å². The summed E-state index contributed by atoms with van der Waals surface area (Å²) in [5, 5.41) is 18.8. The number of hydrogen-bond acceptors (Lipinski definition) is 5. The van der Waals surface area contributed by atoms with Gasteiger partial charge in [-0.25, -0.2) is 0 Å². The van der Waals surface area contributed by atoms with Gasteiger partial charge in [0.05, 0.1) is 13.2 Å². The molecule has 0 aliphatic rings. The third-order valence-corrected chi connectivity index (χ3v) is 3.65. The number of nitrogens with zero attached hydrogens (tertiary/aromatic N) is 1. The fourth-order valence-electron chi connectivity index (χ4n) is 2.27. The van der Waals surface area contributed by atoms with Crippen LogP contribution < -0.4 is 0 Å². The van der Waals surface area contributed by atoms with Crippen molar-refractivity contribution in [1.82, 2.24) is 5.23 Å². The van der Waals surface area contributed by atoms with Crippen molar-refractivity contribution in [1.29, 1.82) is 0 Å². The van der Waals surface area contributed by atoms with Gasteiger partial charge in [-0.05, 0) is 25.7 Å². The van der Waals surface area contributed by atoms with E-state index in [2.05, 4.69) is 0 Å². The quantitative estimate of drug-likeness (QED) is 0.299. The van der Waals surface area contributed by atoms with Crippen LogP contribution in [-0.2, 0) is 9.68 Å². The van der Waals surface area contributed by atoms with Crippen LogP contribution in [0.1, 0.15) is 77.0 Å². The first kappa shape index (κ1) is 21.8.